The number of rotatable bonds is 6. The summed E-state index contributed by atoms with van der Waals surface area (Å²) in [7, 11) is 1.86. The van der Waals surface area contributed by atoms with E-state index in [-0.39, 0.29) is 6.10 Å². The molecule has 1 fully saturated rings. The minimum absolute atomic E-state index is 0.103. The number of pyridine rings is 1. The van der Waals surface area contributed by atoms with Gasteiger partial charge < -0.3 is 9.64 Å². The Kier molecular flexibility index (Phi) is 6.13. The van der Waals surface area contributed by atoms with E-state index in [0.717, 1.165) is 55.0 Å². The van der Waals surface area contributed by atoms with E-state index in [0.29, 0.717) is 28.3 Å². The molecule has 11 nitrogen and oxygen atoms in total. The first kappa shape index (κ1) is 23.5. The summed E-state index contributed by atoms with van der Waals surface area (Å²) in [6.07, 6.45) is 11.5. The minimum Gasteiger partial charge on any atom is -0.473 e. The highest BCUT2D eigenvalue weighted by Crippen LogP contribution is 2.30. The number of hydrogen-bond donors (Lipinski definition) is 0. The molecule has 0 aromatic carbocycles. The summed E-state index contributed by atoms with van der Waals surface area (Å²) in [4.78, 5) is 11.9. The van der Waals surface area contributed by atoms with Gasteiger partial charge in [-0.3, -0.25) is 4.68 Å². The Balaban J connectivity index is 1.21. The van der Waals surface area contributed by atoms with Gasteiger partial charge >= 0.3 is 0 Å². The van der Waals surface area contributed by atoms with Crippen molar-refractivity contribution >= 4 is 11.3 Å². The average Bonchev–Trinajstić information content (AvgIpc) is 3.59. The zero-order valence-corrected chi connectivity index (χ0v) is 21.2. The second-order valence-corrected chi connectivity index (χ2v) is 9.27. The van der Waals surface area contributed by atoms with E-state index in [1.165, 1.54) is 0 Å². The fraction of sp³-hybridized carbons (Fsp3) is 0.296. The third-order valence-corrected chi connectivity index (χ3v) is 6.75. The molecular formula is C27H26N10O. The predicted molar refractivity (Wildman–Crippen MR) is 140 cm³/mol. The van der Waals surface area contributed by atoms with Gasteiger partial charge in [-0.25, -0.2) is 14.5 Å². The van der Waals surface area contributed by atoms with E-state index in [2.05, 4.69) is 38.3 Å². The quantitative estimate of drug-likeness (QED) is 0.341. The number of anilines is 1. The molecule has 0 unspecified atom stereocenters. The minimum atomic E-state index is 0.103. The highest BCUT2D eigenvalue weighted by molar-refractivity contribution is 5.83. The van der Waals surface area contributed by atoms with E-state index in [9.17, 15) is 5.26 Å². The van der Waals surface area contributed by atoms with E-state index in [4.69, 9.17) is 14.7 Å². The summed E-state index contributed by atoms with van der Waals surface area (Å²) in [5.74, 6) is 1.47. The predicted octanol–water partition coefficient (Wildman–Crippen LogP) is 3.46. The maximum absolute atomic E-state index is 9.65. The maximum atomic E-state index is 9.65. The van der Waals surface area contributed by atoms with Gasteiger partial charge in [0.2, 0.25) is 5.88 Å². The van der Waals surface area contributed by atoms with Crippen molar-refractivity contribution in [1.82, 2.24) is 39.6 Å². The summed E-state index contributed by atoms with van der Waals surface area (Å²) in [6, 6.07) is 10.1. The number of fused-ring (bicyclic) bond motifs is 1. The topological polar surface area (TPSA) is 123 Å². The van der Waals surface area contributed by atoms with Crippen molar-refractivity contribution in [2.45, 2.75) is 32.3 Å². The van der Waals surface area contributed by atoms with Gasteiger partial charge in [0.05, 0.1) is 35.7 Å². The molecule has 0 spiro atoms. The van der Waals surface area contributed by atoms with Gasteiger partial charge in [-0.2, -0.15) is 20.6 Å². The molecule has 1 saturated heterocycles. The third kappa shape index (κ3) is 4.52. The Bertz CT molecular complexity index is 1610. The molecule has 6 heterocycles. The lowest BCUT2D eigenvalue weighted by Crippen LogP contribution is -2.38. The molecular weight excluding hydrogens is 480 g/mol. The highest BCUT2D eigenvalue weighted by Gasteiger charge is 2.23. The molecule has 0 N–H and O–H groups in total. The normalized spacial score (nSPS) is 14.1. The Hall–Kier alpha value is -4.85. The molecule has 0 amide bonds. The second-order valence-electron chi connectivity index (χ2n) is 9.27. The average molecular weight is 507 g/mol. The highest BCUT2D eigenvalue weighted by atomic mass is 16.5. The summed E-state index contributed by atoms with van der Waals surface area (Å²) >= 11 is 0. The number of aromatic nitrogens is 8. The Labute approximate surface area is 219 Å². The smallest absolute Gasteiger partial charge is 0.233 e. The first-order valence-electron chi connectivity index (χ1n) is 12.6. The maximum Gasteiger partial charge on any atom is 0.233 e. The molecule has 0 aliphatic carbocycles. The molecule has 6 rings (SSSR count). The van der Waals surface area contributed by atoms with Crippen LogP contribution in [0, 0.1) is 11.3 Å². The van der Waals surface area contributed by atoms with Gasteiger partial charge in [0.25, 0.3) is 0 Å². The van der Waals surface area contributed by atoms with Crippen molar-refractivity contribution in [3.8, 4) is 34.5 Å². The van der Waals surface area contributed by atoms with Crippen LogP contribution in [0.25, 0.3) is 28.0 Å². The van der Waals surface area contributed by atoms with Crippen molar-refractivity contribution in [3.05, 3.63) is 66.5 Å². The van der Waals surface area contributed by atoms with Gasteiger partial charge in [0.15, 0.2) is 0 Å². The lowest BCUT2D eigenvalue weighted by Gasteiger charge is -2.32. The van der Waals surface area contributed by atoms with Crippen LogP contribution >= 0.6 is 0 Å². The number of nitrogens with zero attached hydrogens (tertiary/aromatic N) is 10. The number of piperidine rings is 1. The Morgan fingerprint density at radius 2 is 1.87 bits per heavy atom. The first-order valence-corrected chi connectivity index (χ1v) is 12.6. The molecule has 38 heavy (non-hydrogen) atoms. The van der Waals surface area contributed by atoms with Gasteiger partial charge in [-0.15, -0.1) is 5.10 Å². The van der Waals surface area contributed by atoms with Crippen LogP contribution in [-0.4, -0.2) is 58.8 Å². The van der Waals surface area contributed by atoms with Crippen molar-refractivity contribution in [1.29, 1.82) is 5.26 Å². The standard InChI is InChI=1S/C27H26N10O/c1-3-21-5-7-25(34-33-21)38-22-8-10-36(11-9-22)24-6-4-18(13-29-24)26-27-19(12-28)14-31-37(27)17-23(32-26)20-15-30-35(2)16-20/h4-7,13-17,22H,3,8-11H2,1-2H3. The third-order valence-electron chi connectivity index (χ3n) is 6.75. The molecule has 11 heteroatoms. The second kappa shape index (κ2) is 9.89. The Morgan fingerprint density at radius 3 is 2.53 bits per heavy atom. The van der Waals surface area contributed by atoms with Crippen LogP contribution in [-0.2, 0) is 13.5 Å². The SMILES string of the molecule is CCc1ccc(OC2CCN(c3ccc(-c4nc(-c5cnn(C)c5)cn5ncc(C#N)c45)cn3)CC2)nn1. The molecule has 190 valence electrons. The summed E-state index contributed by atoms with van der Waals surface area (Å²) in [5.41, 5.74) is 5.13. The van der Waals surface area contributed by atoms with Crippen LogP contribution in [0.5, 0.6) is 5.88 Å². The fourth-order valence-electron chi connectivity index (χ4n) is 4.68. The molecule has 0 saturated carbocycles. The zero-order chi connectivity index (χ0) is 26.1. The van der Waals surface area contributed by atoms with E-state index in [1.54, 1.807) is 21.6 Å². The zero-order valence-electron chi connectivity index (χ0n) is 21.2. The monoisotopic (exact) mass is 506 g/mol. The number of nitriles is 1. The van der Waals surface area contributed by atoms with Gasteiger partial charge in [-0.05, 0) is 24.6 Å². The lowest BCUT2D eigenvalue weighted by molar-refractivity contribution is 0.162. The molecule has 5 aromatic rings. The van der Waals surface area contributed by atoms with Crippen molar-refractivity contribution in [3.63, 3.8) is 0 Å². The van der Waals surface area contributed by atoms with Gasteiger partial charge in [0.1, 0.15) is 29.1 Å². The van der Waals surface area contributed by atoms with E-state index in [1.807, 2.05) is 49.9 Å². The number of hydrogen-bond acceptors (Lipinski definition) is 9. The van der Waals surface area contributed by atoms with Crippen LogP contribution in [0.2, 0.25) is 0 Å². The van der Waals surface area contributed by atoms with Crippen LogP contribution in [0.3, 0.4) is 0 Å². The van der Waals surface area contributed by atoms with Gasteiger partial charge in [0, 0.05) is 62.6 Å². The van der Waals surface area contributed by atoms with Crippen LogP contribution in [0.4, 0.5) is 5.82 Å². The summed E-state index contributed by atoms with van der Waals surface area (Å²) < 4.78 is 9.47. The number of aryl methyl sites for hydroxylation is 2. The largest absolute Gasteiger partial charge is 0.473 e. The van der Waals surface area contributed by atoms with Crippen molar-refractivity contribution in [2.75, 3.05) is 18.0 Å². The van der Waals surface area contributed by atoms with Gasteiger partial charge in [-0.1, -0.05) is 6.92 Å². The molecule has 0 atom stereocenters. The molecule has 0 bridgehead atoms. The first-order chi connectivity index (χ1) is 18.6. The summed E-state index contributed by atoms with van der Waals surface area (Å²) in [6.45, 7) is 3.72. The van der Waals surface area contributed by atoms with Crippen molar-refractivity contribution in [2.24, 2.45) is 7.05 Å². The fourth-order valence-corrected chi connectivity index (χ4v) is 4.68. The lowest BCUT2D eigenvalue weighted by atomic mass is 10.1. The summed E-state index contributed by atoms with van der Waals surface area (Å²) in [5, 5.41) is 26.7. The molecule has 0 radical (unpaired) electrons. The Morgan fingerprint density at radius 1 is 1.00 bits per heavy atom. The van der Waals surface area contributed by atoms with Crippen LogP contribution in [0.1, 0.15) is 31.0 Å². The van der Waals surface area contributed by atoms with E-state index < -0.39 is 0 Å². The van der Waals surface area contributed by atoms with Crippen LogP contribution < -0.4 is 9.64 Å². The van der Waals surface area contributed by atoms with E-state index >= 15 is 0 Å². The molecule has 5 aromatic heterocycles. The molecule has 1 aliphatic heterocycles. The van der Waals surface area contributed by atoms with Crippen molar-refractivity contribution < 1.29 is 4.74 Å². The van der Waals surface area contributed by atoms with Crippen LogP contribution in [0.15, 0.2) is 55.2 Å². The molecule has 1 aliphatic rings. The number of ether oxygens (including phenoxy) is 1.